The van der Waals surface area contributed by atoms with E-state index >= 15 is 0 Å². The predicted molar refractivity (Wildman–Crippen MR) is 108 cm³/mol. The molecule has 0 bridgehead atoms. The number of aliphatic hydroxyl groups excluding tert-OH is 1. The summed E-state index contributed by atoms with van der Waals surface area (Å²) in [4.78, 5) is 26.8. The van der Waals surface area contributed by atoms with Crippen molar-refractivity contribution >= 4 is 11.9 Å². The van der Waals surface area contributed by atoms with Gasteiger partial charge in [0.15, 0.2) is 0 Å². The highest BCUT2D eigenvalue weighted by Gasteiger charge is 2.50. The van der Waals surface area contributed by atoms with E-state index in [1.54, 1.807) is 23.3 Å². The molecule has 29 heavy (non-hydrogen) atoms. The van der Waals surface area contributed by atoms with Gasteiger partial charge in [0.05, 0.1) is 23.9 Å². The van der Waals surface area contributed by atoms with E-state index in [0.717, 1.165) is 63.7 Å². The number of rotatable bonds is 3. The monoisotopic (exact) mass is 396 g/mol. The maximum Gasteiger partial charge on any atom is 0.230 e. The Balaban J connectivity index is 1.29. The van der Waals surface area contributed by atoms with E-state index in [9.17, 15) is 9.90 Å². The number of aliphatic hydroxyl groups is 1. The summed E-state index contributed by atoms with van der Waals surface area (Å²) in [6, 6.07) is 2.16. The molecular weight excluding hydrogens is 368 g/mol. The van der Waals surface area contributed by atoms with Crippen LogP contribution in [0.2, 0.25) is 0 Å². The Morgan fingerprint density at radius 1 is 1.07 bits per heavy atom. The normalized spacial score (nSPS) is 30.3. The quantitative estimate of drug-likeness (QED) is 0.851. The first-order chi connectivity index (χ1) is 14.1. The molecule has 2 aromatic heterocycles. The van der Waals surface area contributed by atoms with Gasteiger partial charge in [0, 0.05) is 38.1 Å². The second-order valence-corrected chi connectivity index (χ2v) is 8.71. The molecule has 1 atom stereocenters. The van der Waals surface area contributed by atoms with Gasteiger partial charge in [0.2, 0.25) is 11.9 Å². The van der Waals surface area contributed by atoms with Crippen molar-refractivity contribution in [3.63, 3.8) is 0 Å². The van der Waals surface area contributed by atoms with Crippen molar-refractivity contribution in [2.24, 2.45) is 5.41 Å². The minimum Gasteiger partial charge on any atom is -0.393 e. The number of piperidine rings is 1. The van der Waals surface area contributed by atoms with Gasteiger partial charge in [-0.05, 0) is 51.0 Å². The van der Waals surface area contributed by atoms with Crippen LogP contribution >= 0.6 is 0 Å². The second-order valence-electron chi connectivity index (χ2n) is 8.71. The average molecular weight is 396 g/mol. The topological polar surface area (TPSA) is 87.4 Å². The second kappa shape index (κ2) is 7.40. The molecule has 2 aliphatic heterocycles. The molecule has 3 aliphatic rings. The number of nitrogens with zero attached hydrogens (tertiary/aromatic N) is 6. The number of carbonyl (C=O) groups excluding carboxylic acids is 1. The van der Waals surface area contributed by atoms with Gasteiger partial charge in [-0.2, -0.15) is 5.10 Å². The van der Waals surface area contributed by atoms with Crippen molar-refractivity contribution in [3.8, 4) is 5.69 Å². The molecule has 8 heteroatoms. The molecule has 1 N–H and O–H groups in total. The zero-order valence-electron chi connectivity index (χ0n) is 16.7. The molecule has 1 amide bonds. The molecule has 154 valence electrons. The highest BCUT2D eigenvalue weighted by atomic mass is 16.3. The summed E-state index contributed by atoms with van der Waals surface area (Å²) in [6.07, 6.45) is 13.3. The lowest BCUT2D eigenvalue weighted by Crippen LogP contribution is -2.50. The standard InChI is InChI=1S/C21H28N6O2/c28-18-5-3-16(4-6-18)26-12-8-21(19(26)29)7-1-10-25(15-21)20-22-13-17(14-23-20)27-11-2-9-24-27/h2,9,11,13-14,16,18,28H,1,3-8,10,12,15H2/t16?,18?,21-/m1/s1. The summed E-state index contributed by atoms with van der Waals surface area (Å²) in [5.41, 5.74) is 0.520. The first kappa shape index (κ1) is 18.5. The van der Waals surface area contributed by atoms with E-state index in [1.807, 2.05) is 12.3 Å². The number of carbonyl (C=O) groups is 1. The van der Waals surface area contributed by atoms with Gasteiger partial charge in [-0.15, -0.1) is 0 Å². The Kier molecular flexibility index (Phi) is 4.73. The predicted octanol–water partition coefficient (Wildman–Crippen LogP) is 1.78. The lowest BCUT2D eigenvalue weighted by molar-refractivity contribution is -0.139. The van der Waals surface area contributed by atoms with Gasteiger partial charge in [-0.25, -0.2) is 14.6 Å². The summed E-state index contributed by atoms with van der Waals surface area (Å²) in [5.74, 6) is 0.990. The lowest BCUT2D eigenvalue weighted by atomic mass is 9.78. The van der Waals surface area contributed by atoms with Gasteiger partial charge in [-0.3, -0.25) is 4.79 Å². The van der Waals surface area contributed by atoms with Crippen LogP contribution in [0.5, 0.6) is 0 Å². The van der Waals surface area contributed by atoms with Crippen LogP contribution in [0.25, 0.3) is 5.69 Å². The van der Waals surface area contributed by atoms with E-state index in [-0.39, 0.29) is 11.5 Å². The fourth-order valence-electron chi connectivity index (χ4n) is 5.26. The third-order valence-electron chi connectivity index (χ3n) is 6.91. The molecule has 8 nitrogen and oxygen atoms in total. The average Bonchev–Trinajstić information content (AvgIpc) is 3.39. The van der Waals surface area contributed by atoms with E-state index < -0.39 is 0 Å². The van der Waals surface area contributed by atoms with Crippen LogP contribution < -0.4 is 4.90 Å². The van der Waals surface area contributed by atoms with Gasteiger partial charge in [-0.1, -0.05) is 0 Å². The van der Waals surface area contributed by atoms with Crippen LogP contribution in [0.4, 0.5) is 5.95 Å². The summed E-state index contributed by atoms with van der Waals surface area (Å²) < 4.78 is 1.74. The molecule has 1 aliphatic carbocycles. The molecule has 5 rings (SSSR count). The van der Waals surface area contributed by atoms with E-state index in [0.29, 0.717) is 24.4 Å². The highest BCUT2D eigenvalue weighted by molar-refractivity contribution is 5.86. The summed E-state index contributed by atoms with van der Waals surface area (Å²) in [5, 5.41) is 14.0. The molecule has 3 fully saturated rings. The Morgan fingerprint density at radius 2 is 1.86 bits per heavy atom. The Morgan fingerprint density at radius 3 is 2.59 bits per heavy atom. The largest absolute Gasteiger partial charge is 0.393 e. The van der Waals surface area contributed by atoms with Crippen LogP contribution in [-0.2, 0) is 4.79 Å². The van der Waals surface area contributed by atoms with Crippen molar-refractivity contribution < 1.29 is 9.90 Å². The van der Waals surface area contributed by atoms with Crippen molar-refractivity contribution in [2.45, 2.75) is 57.1 Å². The highest BCUT2D eigenvalue weighted by Crippen LogP contribution is 2.43. The van der Waals surface area contributed by atoms with Crippen LogP contribution in [0.3, 0.4) is 0 Å². The van der Waals surface area contributed by atoms with Crippen molar-refractivity contribution in [3.05, 3.63) is 30.9 Å². The van der Waals surface area contributed by atoms with Crippen LogP contribution in [0.1, 0.15) is 44.9 Å². The molecule has 1 saturated carbocycles. The van der Waals surface area contributed by atoms with Gasteiger partial charge in [0.25, 0.3) is 0 Å². The Labute approximate surface area is 170 Å². The molecule has 2 aromatic rings. The van der Waals surface area contributed by atoms with Crippen molar-refractivity contribution in [1.29, 1.82) is 0 Å². The maximum absolute atomic E-state index is 13.4. The molecule has 0 aromatic carbocycles. The number of amides is 1. The number of aromatic nitrogens is 4. The first-order valence-corrected chi connectivity index (χ1v) is 10.7. The fourth-order valence-corrected chi connectivity index (χ4v) is 5.26. The third-order valence-corrected chi connectivity index (χ3v) is 6.91. The molecule has 0 radical (unpaired) electrons. The SMILES string of the molecule is O=C1N(C2CCC(O)CC2)CC[C@@]12CCCN(c1ncc(-n3cccn3)cn1)C2. The fraction of sp³-hybridized carbons (Fsp3) is 0.619. The Hall–Kier alpha value is -2.48. The van der Waals surface area contributed by atoms with Gasteiger partial charge in [0.1, 0.15) is 5.69 Å². The van der Waals surface area contributed by atoms with Crippen molar-refractivity contribution in [2.75, 3.05) is 24.5 Å². The maximum atomic E-state index is 13.4. The number of hydrogen-bond donors (Lipinski definition) is 1. The summed E-state index contributed by atoms with van der Waals surface area (Å²) in [6.45, 7) is 2.41. The number of hydrogen-bond acceptors (Lipinski definition) is 6. The third kappa shape index (κ3) is 3.39. The molecule has 0 unspecified atom stereocenters. The van der Waals surface area contributed by atoms with E-state index in [4.69, 9.17) is 0 Å². The Bertz CT molecular complexity index is 847. The number of likely N-dealkylation sites (tertiary alicyclic amines) is 1. The summed E-state index contributed by atoms with van der Waals surface area (Å²) in [7, 11) is 0. The molecule has 1 spiro atoms. The minimum absolute atomic E-state index is 0.190. The number of anilines is 1. The first-order valence-electron chi connectivity index (χ1n) is 10.7. The summed E-state index contributed by atoms with van der Waals surface area (Å²) >= 11 is 0. The van der Waals surface area contributed by atoms with E-state index in [2.05, 4.69) is 24.9 Å². The van der Waals surface area contributed by atoms with Crippen LogP contribution in [0, 0.1) is 5.41 Å². The van der Waals surface area contributed by atoms with E-state index in [1.165, 1.54) is 0 Å². The van der Waals surface area contributed by atoms with Gasteiger partial charge < -0.3 is 14.9 Å². The molecular formula is C21H28N6O2. The zero-order valence-corrected chi connectivity index (χ0v) is 16.7. The van der Waals surface area contributed by atoms with Crippen molar-refractivity contribution in [1.82, 2.24) is 24.6 Å². The zero-order chi connectivity index (χ0) is 19.8. The van der Waals surface area contributed by atoms with Crippen LogP contribution in [-0.4, -0.2) is 67.4 Å². The van der Waals surface area contributed by atoms with Crippen LogP contribution in [0.15, 0.2) is 30.9 Å². The van der Waals surface area contributed by atoms with Gasteiger partial charge >= 0.3 is 0 Å². The molecule has 4 heterocycles. The lowest BCUT2D eigenvalue weighted by Gasteiger charge is -2.40. The minimum atomic E-state index is -0.307. The smallest absolute Gasteiger partial charge is 0.230 e. The molecule has 2 saturated heterocycles.